The zero-order chi connectivity index (χ0) is 22.3. The van der Waals surface area contributed by atoms with E-state index in [4.69, 9.17) is 34.9 Å². The Kier molecular flexibility index (Phi) is 11.6. The van der Waals surface area contributed by atoms with Crippen molar-refractivity contribution in [3.8, 4) is 5.75 Å². The van der Waals surface area contributed by atoms with Crippen molar-refractivity contribution >= 4 is 46.0 Å². The molecule has 31 heavy (non-hydrogen) atoms. The van der Waals surface area contributed by atoms with Gasteiger partial charge in [-0.25, -0.2) is 4.39 Å². The maximum absolute atomic E-state index is 12.7. The SMILES string of the molecule is NC(=S)Nc1cccc(OCCCCCCCCNC(=S)Nc2cccc(CF)c2)c1. The van der Waals surface area contributed by atoms with Crippen LogP contribution < -0.4 is 26.4 Å². The van der Waals surface area contributed by atoms with Crippen molar-refractivity contribution in [2.75, 3.05) is 23.8 Å². The van der Waals surface area contributed by atoms with Gasteiger partial charge in [-0.2, -0.15) is 0 Å². The summed E-state index contributed by atoms with van der Waals surface area (Å²) in [5, 5.41) is 10.0. The first kappa shape index (κ1) is 24.8. The summed E-state index contributed by atoms with van der Waals surface area (Å²) >= 11 is 10.1. The van der Waals surface area contributed by atoms with Gasteiger partial charge in [0, 0.05) is 24.0 Å². The molecular weight excluding hydrogens is 431 g/mol. The van der Waals surface area contributed by atoms with Gasteiger partial charge >= 0.3 is 0 Å². The number of unbranched alkanes of at least 4 members (excludes halogenated alkanes) is 5. The summed E-state index contributed by atoms with van der Waals surface area (Å²) in [5.74, 6) is 0.813. The van der Waals surface area contributed by atoms with Crippen molar-refractivity contribution in [3.63, 3.8) is 0 Å². The normalized spacial score (nSPS) is 10.4. The maximum Gasteiger partial charge on any atom is 0.170 e. The molecule has 5 nitrogen and oxygen atoms in total. The van der Waals surface area contributed by atoms with Crippen molar-refractivity contribution in [3.05, 3.63) is 54.1 Å². The van der Waals surface area contributed by atoms with Crippen LogP contribution in [0.15, 0.2) is 48.5 Å². The Morgan fingerprint density at radius 3 is 2.29 bits per heavy atom. The van der Waals surface area contributed by atoms with E-state index in [1.54, 1.807) is 12.1 Å². The van der Waals surface area contributed by atoms with Gasteiger partial charge in [0.25, 0.3) is 0 Å². The third kappa shape index (κ3) is 10.9. The van der Waals surface area contributed by atoms with Crippen LogP contribution in [0.1, 0.15) is 44.1 Å². The molecule has 0 saturated heterocycles. The van der Waals surface area contributed by atoms with Crippen LogP contribution in [-0.2, 0) is 6.67 Å². The molecule has 5 N–H and O–H groups in total. The molecule has 0 spiro atoms. The first-order chi connectivity index (χ1) is 15.1. The molecule has 0 bridgehead atoms. The molecule has 0 unspecified atom stereocenters. The van der Waals surface area contributed by atoms with E-state index in [1.165, 1.54) is 12.8 Å². The van der Waals surface area contributed by atoms with Crippen LogP contribution >= 0.6 is 24.4 Å². The Labute approximate surface area is 194 Å². The molecule has 8 heteroatoms. The van der Waals surface area contributed by atoms with Crippen LogP contribution in [0.3, 0.4) is 0 Å². The highest BCUT2D eigenvalue weighted by Gasteiger charge is 2.00. The molecule has 0 amide bonds. The Balaban J connectivity index is 1.46. The number of ether oxygens (including phenoxy) is 1. The van der Waals surface area contributed by atoms with Crippen LogP contribution in [0.2, 0.25) is 0 Å². The number of nitrogens with one attached hydrogen (secondary N) is 3. The Bertz CT molecular complexity index is 835. The summed E-state index contributed by atoms with van der Waals surface area (Å²) < 4.78 is 18.5. The van der Waals surface area contributed by atoms with Gasteiger partial charge in [-0.1, -0.05) is 43.9 Å². The quantitative estimate of drug-likeness (QED) is 0.231. The highest BCUT2D eigenvalue weighted by atomic mass is 32.1. The summed E-state index contributed by atoms with van der Waals surface area (Å²) in [7, 11) is 0. The lowest BCUT2D eigenvalue weighted by Crippen LogP contribution is -2.29. The third-order valence-corrected chi connectivity index (χ3v) is 4.91. The standard InChI is InChI=1S/C23H31FN4OS2/c24-17-18-9-7-10-19(15-18)28-23(31)26-13-5-3-1-2-4-6-14-29-21-12-8-11-20(16-21)27-22(25)30/h7-12,15-16H,1-6,13-14,17H2,(H3,25,27,30)(H2,26,28,31). The minimum absolute atomic E-state index is 0.244. The zero-order valence-corrected chi connectivity index (χ0v) is 19.3. The van der Waals surface area contributed by atoms with Crippen molar-refractivity contribution in [2.45, 2.75) is 45.2 Å². The molecule has 0 radical (unpaired) electrons. The third-order valence-electron chi connectivity index (χ3n) is 4.57. The number of alkyl halides is 1. The van der Waals surface area contributed by atoms with Crippen molar-refractivity contribution in [1.29, 1.82) is 0 Å². The van der Waals surface area contributed by atoms with Crippen LogP contribution in [0, 0.1) is 0 Å². The van der Waals surface area contributed by atoms with E-state index in [0.29, 0.717) is 17.3 Å². The van der Waals surface area contributed by atoms with Gasteiger partial charge < -0.3 is 26.4 Å². The summed E-state index contributed by atoms with van der Waals surface area (Å²) in [5.41, 5.74) is 7.76. The molecule has 0 heterocycles. The average molecular weight is 463 g/mol. The largest absolute Gasteiger partial charge is 0.494 e. The molecule has 2 aromatic rings. The topological polar surface area (TPSA) is 71.3 Å². The van der Waals surface area contributed by atoms with Crippen LogP contribution in [0.4, 0.5) is 15.8 Å². The molecule has 0 fully saturated rings. The van der Waals surface area contributed by atoms with Crippen molar-refractivity contribution in [2.24, 2.45) is 5.73 Å². The van der Waals surface area contributed by atoms with Gasteiger partial charge in [0.1, 0.15) is 12.4 Å². The van der Waals surface area contributed by atoms with Gasteiger partial charge in [0.15, 0.2) is 10.2 Å². The van der Waals surface area contributed by atoms with Gasteiger partial charge in [0.05, 0.1) is 6.61 Å². The second-order valence-corrected chi connectivity index (χ2v) is 8.05. The summed E-state index contributed by atoms with van der Waals surface area (Å²) in [6, 6.07) is 14.8. The number of thiocarbonyl (C=S) groups is 2. The van der Waals surface area contributed by atoms with Gasteiger partial charge in [-0.3, -0.25) is 0 Å². The predicted molar refractivity (Wildman–Crippen MR) is 136 cm³/mol. The Hall–Kier alpha value is -2.45. The second-order valence-electron chi connectivity index (χ2n) is 7.20. The monoisotopic (exact) mass is 462 g/mol. The molecule has 168 valence electrons. The molecular formula is C23H31FN4OS2. The van der Waals surface area contributed by atoms with E-state index < -0.39 is 6.67 Å². The first-order valence-electron chi connectivity index (χ1n) is 10.6. The molecule has 0 aliphatic carbocycles. The Morgan fingerprint density at radius 2 is 1.55 bits per heavy atom. The van der Waals surface area contributed by atoms with Gasteiger partial charge in [-0.15, -0.1) is 0 Å². The molecule has 2 rings (SSSR count). The number of hydrogen-bond donors (Lipinski definition) is 4. The van der Waals surface area contributed by atoms with Crippen molar-refractivity contribution < 1.29 is 9.13 Å². The highest BCUT2D eigenvalue weighted by Crippen LogP contribution is 2.18. The van der Waals surface area contributed by atoms with E-state index in [2.05, 4.69) is 16.0 Å². The molecule has 0 aromatic heterocycles. The first-order valence-corrected chi connectivity index (χ1v) is 11.4. The predicted octanol–water partition coefficient (Wildman–Crippen LogP) is 5.52. The number of nitrogens with two attached hydrogens (primary N) is 1. The fraction of sp³-hybridized carbons (Fsp3) is 0.391. The van der Waals surface area contributed by atoms with Crippen molar-refractivity contribution in [1.82, 2.24) is 5.32 Å². The van der Waals surface area contributed by atoms with E-state index in [9.17, 15) is 4.39 Å². The number of benzene rings is 2. The minimum Gasteiger partial charge on any atom is -0.494 e. The van der Waals surface area contributed by atoms with Gasteiger partial charge in [0.2, 0.25) is 0 Å². The lowest BCUT2D eigenvalue weighted by atomic mass is 10.1. The number of halogens is 1. The van der Waals surface area contributed by atoms with E-state index >= 15 is 0 Å². The van der Waals surface area contributed by atoms with Crippen LogP contribution in [0.5, 0.6) is 5.75 Å². The molecule has 0 aliphatic rings. The zero-order valence-electron chi connectivity index (χ0n) is 17.7. The van der Waals surface area contributed by atoms with Crippen LogP contribution in [0.25, 0.3) is 0 Å². The molecule has 2 aromatic carbocycles. The Morgan fingerprint density at radius 1 is 0.871 bits per heavy atom. The molecule has 0 atom stereocenters. The lowest BCUT2D eigenvalue weighted by molar-refractivity contribution is 0.304. The number of anilines is 2. The number of hydrogen-bond acceptors (Lipinski definition) is 3. The summed E-state index contributed by atoms with van der Waals surface area (Å²) in [4.78, 5) is 0. The molecule has 0 aliphatic heterocycles. The summed E-state index contributed by atoms with van der Waals surface area (Å²) in [6.07, 6.45) is 6.76. The smallest absolute Gasteiger partial charge is 0.170 e. The molecule has 0 saturated carbocycles. The van der Waals surface area contributed by atoms with E-state index in [1.807, 2.05) is 36.4 Å². The fourth-order valence-corrected chi connectivity index (χ4v) is 3.38. The highest BCUT2D eigenvalue weighted by molar-refractivity contribution is 7.80. The minimum atomic E-state index is -0.476. The van der Waals surface area contributed by atoms with E-state index in [0.717, 1.165) is 49.4 Å². The fourth-order valence-electron chi connectivity index (χ4n) is 3.04. The number of rotatable bonds is 13. The second kappa shape index (κ2) is 14.5. The lowest BCUT2D eigenvalue weighted by Gasteiger charge is -2.11. The average Bonchev–Trinajstić information content (AvgIpc) is 2.75. The van der Waals surface area contributed by atoms with E-state index in [-0.39, 0.29) is 5.11 Å². The summed E-state index contributed by atoms with van der Waals surface area (Å²) in [6.45, 7) is 1.05. The maximum atomic E-state index is 12.7. The van der Waals surface area contributed by atoms with Gasteiger partial charge in [-0.05, 0) is 67.1 Å². The van der Waals surface area contributed by atoms with Crippen LogP contribution in [-0.4, -0.2) is 23.4 Å².